The third kappa shape index (κ3) is 1.98. The maximum absolute atomic E-state index is 8.24. The smallest absolute Gasteiger partial charge is 0.0930 e. The zero-order chi connectivity index (χ0) is 6.53. The summed E-state index contributed by atoms with van der Waals surface area (Å²) in [6, 6.07) is 2.00. The van der Waals surface area contributed by atoms with Crippen molar-refractivity contribution in [2.24, 2.45) is 0 Å². The second-order valence-corrected chi connectivity index (χ2v) is 2.88. The fourth-order valence-electron chi connectivity index (χ4n) is 0.688. The van der Waals surface area contributed by atoms with E-state index in [9.17, 15) is 0 Å². The zero-order valence-corrected chi connectivity index (χ0v) is 5.87. The lowest BCUT2D eigenvalue weighted by Crippen LogP contribution is -2.23. The molecular weight excluding hydrogens is 132 g/mol. The summed E-state index contributed by atoms with van der Waals surface area (Å²) in [5.74, 6) is 2.12. The Hall–Kier alpha value is -0.620. The number of rotatable bonds is 0. The van der Waals surface area contributed by atoms with E-state index in [0.29, 0.717) is 0 Å². The summed E-state index contributed by atoms with van der Waals surface area (Å²) in [7, 11) is 0. The molecule has 1 aliphatic heterocycles. The predicted molar refractivity (Wildman–Crippen MR) is 39.0 cm³/mol. The van der Waals surface area contributed by atoms with E-state index < -0.39 is 0 Å². The average molecular weight is 140 g/mol. The molecule has 1 saturated heterocycles. The fraction of sp³-hybridized carbons (Fsp3) is 0.500. The molecule has 1 heterocycles. The normalized spacial score (nSPS) is 22.8. The molecule has 0 aromatic heterocycles. The van der Waals surface area contributed by atoms with Crippen molar-refractivity contribution in [3.63, 3.8) is 0 Å². The number of nitriles is 1. The first-order chi connectivity index (χ1) is 4.43. The molecule has 9 heavy (non-hydrogen) atoms. The number of nitrogens with one attached hydrogen (secondary N) is 1. The molecule has 2 nitrogen and oxygen atoms in total. The Morgan fingerprint density at radius 3 is 3.22 bits per heavy atom. The van der Waals surface area contributed by atoms with Gasteiger partial charge >= 0.3 is 0 Å². The summed E-state index contributed by atoms with van der Waals surface area (Å²) in [5.41, 5.74) is 1.06. The molecule has 3 heteroatoms. The van der Waals surface area contributed by atoms with Crippen LogP contribution in [0.15, 0.2) is 11.8 Å². The second-order valence-electron chi connectivity index (χ2n) is 1.78. The Bertz CT molecular complexity index is 149. The molecule has 0 aromatic carbocycles. The Kier molecular flexibility index (Phi) is 2.47. The molecule has 0 saturated carbocycles. The number of allylic oxidation sites excluding steroid dienone is 1. The van der Waals surface area contributed by atoms with E-state index in [0.717, 1.165) is 23.7 Å². The first-order valence-electron chi connectivity index (χ1n) is 2.84. The van der Waals surface area contributed by atoms with Gasteiger partial charge in [-0.1, -0.05) is 0 Å². The SMILES string of the molecule is N#C/C=C1\CSCCN1. The van der Waals surface area contributed by atoms with Crippen LogP contribution < -0.4 is 5.32 Å². The number of nitrogens with zero attached hydrogens (tertiary/aromatic N) is 1. The van der Waals surface area contributed by atoms with Gasteiger partial charge in [-0.25, -0.2) is 0 Å². The lowest BCUT2D eigenvalue weighted by molar-refractivity contribution is 0.849. The van der Waals surface area contributed by atoms with Crippen LogP contribution in [-0.2, 0) is 0 Å². The number of hydrogen-bond donors (Lipinski definition) is 1. The predicted octanol–water partition coefficient (Wildman–Crippen LogP) is 0.730. The van der Waals surface area contributed by atoms with Crippen LogP contribution in [0.1, 0.15) is 0 Å². The van der Waals surface area contributed by atoms with E-state index in [4.69, 9.17) is 5.26 Å². The van der Waals surface area contributed by atoms with Crippen LogP contribution in [0.2, 0.25) is 0 Å². The molecule has 0 unspecified atom stereocenters. The maximum atomic E-state index is 8.24. The summed E-state index contributed by atoms with van der Waals surface area (Å²) in [6.45, 7) is 0.998. The number of hydrogen-bond acceptors (Lipinski definition) is 3. The van der Waals surface area contributed by atoms with Gasteiger partial charge in [-0.15, -0.1) is 0 Å². The van der Waals surface area contributed by atoms with Crippen molar-refractivity contribution in [2.45, 2.75) is 0 Å². The average Bonchev–Trinajstić information content (AvgIpc) is 1.91. The second kappa shape index (κ2) is 3.41. The minimum atomic E-state index is 0.966. The molecule has 0 bridgehead atoms. The van der Waals surface area contributed by atoms with E-state index in [-0.39, 0.29) is 0 Å². The Balaban J connectivity index is 2.42. The van der Waals surface area contributed by atoms with E-state index in [1.807, 2.05) is 17.8 Å². The van der Waals surface area contributed by atoms with Gasteiger partial charge in [0.05, 0.1) is 6.07 Å². The Labute approximate surface area is 58.9 Å². The first kappa shape index (κ1) is 6.50. The topological polar surface area (TPSA) is 35.8 Å². The van der Waals surface area contributed by atoms with Gasteiger partial charge in [-0.05, 0) is 0 Å². The van der Waals surface area contributed by atoms with Gasteiger partial charge in [0, 0.05) is 29.8 Å². The molecule has 1 aliphatic rings. The van der Waals surface area contributed by atoms with Gasteiger partial charge in [0.25, 0.3) is 0 Å². The van der Waals surface area contributed by atoms with Gasteiger partial charge in [-0.3, -0.25) is 0 Å². The minimum absolute atomic E-state index is 0.966. The quantitative estimate of drug-likeness (QED) is 0.504. The molecular formula is C6H8N2S. The summed E-state index contributed by atoms with van der Waals surface area (Å²) < 4.78 is 0. The molecule has 0 aromatic rings. The molecule has 48 valence electrons. The van der Waals surface area contributed by atoms with Crippen LogP contribution in [0.5, 0.6) is 0 Å². The lowest BCUT2D eigenvalue weighted by atomic mass is 10.4. The molecule has 0 amide bonds. The van der Waals surface area contributed by atoms with E-state index >= 15 is 0 Å². The van der Waals surface area contributed by atoms with Crippen molar-refractivity contribution in [2.75, 3.05) is 18.1 Å². The molecule has 0 atom stereocenters. The Morgan fingerprint density at radius 2 is 2.67 bits per heavy atom. The Morgan fingerprint density at radius 1 is 1.78 bits per heavy atom. The summed E-state index contributed by atoms with van der Waals surface area (Å²) in [6.07, 6.45) is 1.58. The van der Waals surface area contributed by atoms with Crippen LogP contribution in [0, 0.1) is 11.3 Å². The van der Waals surface area contributed by atoms with Crippen molar-refractivity contribution in [1.29, 1.82) is 5.26 Å². The van der Waals surface area contributed by atoms with Gasteiger partial charge < -0.3 is 5.32 Å². The third-order valence-electron chi connectivity index (χ3n) is 1.09. The maximum Gasteiger partial charge on any atom is 0.0930 e. The molecule has 1 rings (SSSR count). The highest BCUT2D eigenvalue weighted by molar-refractivity contribution is 7.99. The lowest BCUT2D eigenvalue weighted by Gasteiger charge is -2.14. The first-order valence-corrected chi connectivity index (χ1v) is 3.99. The molecule has 0 spiro atoms. The monoisotopic (exact) mass is 140 g/mol. The molecule has 1 N–H and O–H groups in total. The largest absolute Gasteiger partial charge is 0.386 e. The molecule has 1 fully saturated rings. The highest BCUT2D eigenvalue weighted by Crippen LogP contribution is 2.09. The highest BCUT2D eigenvalue weighted by Gasteiger charge is 2.01. The van der Waals surface area contributed by atoms with E-state index in [2.05, 4.69) is 5.32 Å². The van der Waals surface area contributed by atoms with Crippen LogP contribution in [0.25, 0.3) is 0 Å². The zero-order valence-electron chi connectivity index (χ0n) is 5.05. The molecule has 0 aliphatic carbocycles. The summed E-state index contributed by atoms with van der Waals surface area (Å²) in [4.78, 5) is 0. The van der Waals surface area contributed by atoms with Crippen molar-refractivity contribution in [3.05, 3.63) is 11.8 Å². The van der Waals surface area contributed by atoms with Crippen molar-refractivity contribution >= 4 is 11.8 Å². The van der Waals surface area contributed by atoms with Gasteiger partial charge in [-0.2, -0.15) is 17.0 Å². The van der Waals surface area contributed by atoms with Crippen molar-refractivity contribution in [3.8, 4) is 6.07 Å². The van der Waals surface area contributed by atoms with E-state index in [1.54, 1.807) is 6.08 Å². The van der Waals surface area contributed by atoms with Crippen molar-refractivity contribution in [1.82, 2.24) is 5.32 Å². The van der Waals surface area contributed by atoms with Crippen LogP contribution in [0.4, 0.5) is 0 Å². The summed E-state index contributed by atoms with van der Waals surface area (Å²) >= 11 is 1.86. The molecule has 0 radical (unpaired) electrons. The van der Waals surface area contributed by atoms with Gasteiger partial charge in [0.15, 0.2) is 0 Å². The van der Waals surface area contributed by atoms with Crippen molar-refractivity contribution < 1.29 is 0 Å². The number of thioether (sulfide) groups is 1. The minimum Gasteiger partial charge on any atom is -0.386 e. The standard InChI is InChI=1S/C6H8N2S/c7-2-1-6-5-9-4-3-8-6/h1,8H,3-5H2/b6-1+. The van der Waals surface area contributed by atoms with Gasteiger partial charge in [0.2, 0.25) is 0 Å². The van der Waals surface area contributed by atoms with E-state index in [1.165, 1.54) is 0 Å². The van der Waals surface area contributed by atoms with Crippen LogP contribution in [-0.4, -0.2) is 18.1 Å². The van der Waals surface area contributed by atoms with Crippen LogP contribution >= 0.6 is 11.8 Å². The third-order valence-corrected chi connectivity index (χ3v) is 2.10. The summed E-state index contributed by atoms with van der Waals surface area (Å²) in [5, 5.41) is 11.4. The highest BCUT2D eigenvalue weighted by atomic mass is 32.2. The fourth-order valence-corrected chi connectivity index (χ4v) is 1.48. The van der Waals surface area contributed by atoms with Crippen LogP contribution in [0.3, 0.4) is 0 Å². The van der Waals surface area contributed by atoms with Gasteiger partial charge in [0.1, 0.15) is 0 Å².